The topological polar surface area (TPSA) is 17.1 Å². The molecule has 2 heteroatoms. The van der Waals surface area contributed by atoms with Gasteiger partial charge in [-0.25, -0.2) is 0 Å². The standard InChI is InChI=1S/C9H11OP/c1-2-7-5-3-4-6-8(7)9(10)11/h3-6H,2,11H2,1H3. The monoisotopic (exact) mass is 166 g/mol. The lowest BCUT2D eigenvalue weighted by Crippen LogP contribution is -1.94. The predicted octanol–water partition coefficient (Wildman–Crippen LogP) is 2.26. The zero-order valence-corrected chi connectivity index (χ0v) is 7.66. The van der Waals surface area contributed by atoms with Crippen LogP contribution in [0.4, 0.5) is 0 Å². The van der Waals surface area contributed by atoms with Gasteiger partial charge >= 0.3 is 0 Å². The van der Waals surface area contributed by atoms with Crippen LogP contribution in [0, 0.1) is 0 Å². The van der Waals surface area contributed by atoms with E-state index in [1.54, 1.807) is 0 Å². The quantitative estimate of drug-likeness (QED) is 0.616. The first-order valence-electron chi connectivity index (χ1n) is 3.63. The molecule has 0 radical (unpaired) electrons. The second-order valence-electron chi connectivity index (χ2n) is 2.37. The molecule has 0 aromatic heterocycles. The molecule has 0 saturated heterocycles. The van der Waals surface area contributed by atoms with Gasteiger partial charge in [0, 0.05) is 5.56 Å². The summed E-state index contributed by atoms with van der Waals surface area (Å²) in [6.45, 7) is 2.05. The average Bonchev–Trinajstić information content (AvgIpc) is 2.04. The Hall–Kier alpha value is -0.680. The van der Waals surface area contributed by atoms with Gasteiger partial charge in [0.25, 0.3) is 0 Å². The molecule has 0 N–H and O–H groups in total. The van der Waals surface area contributed by atoms with Crippen molar-refractivity contribution in [2.75, 3.05) is 0 Å². The van der Waals surface area contributed by atoms with Gasteiger partial charge in [-0.1, -0.05) is 40.4 Å². The highest BCUT2D eigenvalue weighted by Crippen LogP contribution is 2.12. The molecule has 58 valence electrons. The van der Waals surface area contributed by atoms with Crippen LogP contribution in [0.2, 0.25) is 0 Å². The normalized spacial score (nSPS) is 9.64. The highest BCUT2D eigenvalue weighted by molar-refractivity contribution is 7.41. The highest BCUT2D eigenvalue weighted by atomic mass is 31.0. The summed E-state index contributed by atoms with van der Waals surface area (Å²) in [7, 11) is 2.20. The van der Waals surface area contributed by atoms with Gasteiger partial charge in [-0.15, -0.1) is 0 Å². The lowest BCUT2D eigenvalue weighted by atomic mass is 10.1. The van der Waals surface area contributed by atoms with Gasteiger partial charge in [-0.2, -0.15) is 0 Å². The predicted molar refractivity (Wildman–Crippen MR) is 49.9 cm³/mol. The molecule has 0 bridgehead atoms. The maximum Gasteiger partial charge on any atom is 0.178 e. The molecule has 1 nitrogen and oxygen atoms in total. The molecule has 11 heavy (non-hydrogen) atoms. The van der Waals surface area contributed by atoms with E-state index in [0.717, 1.165) is 17.5 Å². The van der Waals surface area contributed by atoms with Crippen LogP contribution in [0.25, 0.3) is 0 Å². The highest BCUT2D eigenvalue weighted by Gasteiger charge is 2.02. The molecule has 1 rings (SSSR count). The zero-order chi connectivity index (χ0) is 8.27. The van der Waals surface area contributed by atoms with Crippen LogP contribution < -0.4 is 0 Å². The largest absolute Gasteiger partial charge is 0.290 e. The van der Waals surface area contributed by atoms with E-state index < -0.39 is 0 Å². The zero-order valence-electron chi connectivity index (χ0n) is 6.50. The summed E-state index contributed by atoms with van der Waals surface area (Å²) in [6, 6.07) is 7.68. The average molecular weight is 166 g/mol. The summed E-state index contributed by atoms with van der Waals surface area (Å²) in [5, 5.41) is 0. The van der Waals surface area contributed by atoms with Gasteiger partial charge in [-0.05, 0) is 12.0 Å². The Morgan fingerprint density at radius 3 is 2.55 bits per heavy atom. The van der Waals surface area contributed by atoms with E-state index in [0.29, 0.717) is 0 Å². The molecule has 0 spiro atoms. The van der Waals surface area contributed by atoms with Crippen molar-refractivity contribution in [2.24, 2.45) is 0 Å². The molecule has 0 aliphatic rings. The first-order chi connectivity index (χ1) is 5.25. The molecular weight excluding hydrogens is 155 g/mol. The molecule has 0 aliphatic heterocycles. The molecule has 0 fully saturated rings. The maximum atomic E-state index is 11.0. The minimum absolute atomic E-state index is 0.0717. The van der Waals surface area contributed by atoms with Crippen LogP contribution in [-0.4, -0.2) is 5.52 Å². The molecule has 0 amide bonds. The minimum Gasteiger partial charge on any atom is -0.290 e. The van der Waals surface area contributed by atoms with Gasteiger partial charge < -0.3 is 0 Å². The van der Waals surface area contributed by atoms with E-state index in [2.05, 4.69) is 9.24 Å². The van der Waals surface area contributed by atoms with Crippen molar-refractivity contribution in [1.29, 1.82) is 0 Å². The van der Waals surface area contributed by atoms with Crippen molar-refractivity contribution in [3.8, 4) is 0 Å². The second-order valence-corrected chi connectivity index (χ2v) is 2.90. The Bertz CT molecular complexity index is 268. The summed E-state index contributed by atoms with van der Waals surface area (Å²) < 4.78 is 0. The first-order valence-corrected chi connectivity index (χ1v) is 4.21. The van der Waals surface area contributed by atoms with Crippen LogP contribution in [0.15, 0.2) is 24.3 Å². The first kappa shape index (κ1) is 8.42. The van der Waals surface area contributed by atoms with Crippen molar-refractivity contribution < 1.29 is 4.79 Å². The Labute approximate surface area is 69.0 Å². The molecule has 0 aliphatic carbocycles. The van der Waals surface area contributed by atoms with Crippen molar-refractivity contribution >= 4 is 14.8 Å². The summed E-state index contributed by atoms with van der Waals surface area (Å²) in [4.78, 5) is 11.0. The fourth-order valence-corrected chi connectivity index (χ4v) is 1.35. The Kier molecular flexibility index (Phi) is 2.78. The van der Waals surface area contributed by atoms with E-state index in [-0.39, 0.29) is 5.52 Å². The SMILES string of the molecule is CCc1ccccc1C(=O)P. The lowest BCUT2D eigenvalue weighted by Gasteiger charge is -2.01. The van der Waals surface area contributed by atoms with Gasteiger partial charge in [-0.3, -0.25) is 4.79 Å². The third-order valence-corrected chi connectivity index (χ3v) is 1.97. The molecule has 1 atom stereocenters. The number of carbonyl (C=O) groups is 1. The summed E-state index contributed by atoms with van der Waals surface area (Å²) in [6.07, 6.45) is 0.913. The number of hydrogen-bond acceptors (Lipinski definition) is 1. The second kappa shape index (κ2) is 3.64. The molecule has 0 saturated carbocycles. The van der Waals surface area contributed by atoms with Crippen LogP contribution in [0.5, 0.6) is 0 Å². The summed E-state index contributed by atoms with van der Waals surface area (Å²) >= 11 is 0. The fourth-order valence-electron chi connectivity index (χ4n) is 1.07. The minimum atomic E-state index is 0.0717. The number of rotatable bonds is 2. The van der Waals surface area contributed by atoms with Gasteiger partial charge in [0.1, 0.15) is 0 Å². The van der Waals surface area contributed by atoms with E-state index in [4.69, 9.17) is 0 Å². The van der Waals surface area contributed by atoms with Crippen LogP contribution >= 0.6 is 9.24 Å². The van der Waals surface area contributed by atoms with E-state index in [1.807, 2.05) is 31.2 Å². The molecular formula is C9H11OP. The van der Waals surface area contributed by atoms with Crippen molar-refractivity contribution in [3.05, 3.63) is 35.4 Å². The Balaban J connectivity index is 3.12. The number of hydrogen-bond donors (Lipinski definition) is 0. The van der Waals surface area contributed by atoms with E-state index >= 15 is 0 Å². The maximum absolute atomic E-state index is 11.0. The van der Waals surface area contributed by atoms with E-state index in [1.165, 1.54) is 0 Å². The molecule has 0 heterocycles. The van der Waals surface area contributed by atoms with Crippen molar-refractivity contribution in [3.63, 3.8) is 0 Å². The smallest absolute Gasteiger partial charge is 0.178 e. The van der Waals surface area contributed by atoms with Crippen LogP contribution in [0.3, 0.4) is 0 Å². The van der Waals surface area contributed by atoms with Crippen LogP contribution in [-0.2, 0) is 6.42 Å². The Morgan fingerprint density at radius 1 is 1.45 bits per heavy atom. The molecule has 1 aromatic carbocycles. The van der Waals surface area contributed by atoms with Crippen molar-refractivity contribution in [1.82, 2.24) is 0 Å². The van der Waals surface area contributed by atoms with Crippen molar-refractivity contribution in [2.45, 2.75) is 13.3 Å². The summed E-state index contributed by atoms with van der Waals surface area (Å²) in [5.74, 6) is 0. The third-order valence-electron chi connectivity index (χ3n) is 1.66. The summed E-state index contributed by atoms with van der Waals surface area (Å²) in [5.41, 5.74) is 2.01. The fraction of sp³-hybridized carbons (Fsp3) is 0.222. The third kappa shape index (κ3) is 1.87. The molecule has 1 aromatic rings. The van der Waals surface area contributed by atoms with Gasteiger partial charge in [0.05, 0.1) is 0 Å². The van der Waals surface area contributed by atoms with Crippen LogP contribution in [0.1, 0.15) is 22.8 Å². The lowest BCUT2D eigenvalue weighted by molar-refractivity contribution is 0.108. The molecule has 1 unspecified atom stereocenters. The Morgan fingerprint density at radius 2 is 2.09 bits per heavy atom. The number of benzene rings is 1. The van der Waals surface area contributed by atoms with Gasteiger partial charge in [0.15, 0.2) is 5.52 Å². The van der Waals surface area contributed by atoms with Gasteiger partial charge in [0.2, 0.25) is 0 Å². The number of carbonyl (C=O) groups excluding carboxylic acids is 1. The van der Waals surface area contributed by atoms with E-state index in [9.17, 15) is 4.79 Å². The number of aryl methyl sites for hydroxylation is 1.